The molecule has 0 radical (unpaired) electrons. The van der Waals surface area contributed by atoms with Gasteiger partial charge in [0, 0.05) is 17.1 Å². The van der Waals surface area contributed by atoms with Crippen molar-refractivity contribution in [3.63, 3.8) is 0 Å². The number of rotatable bonds is 4. The molecule has 1 amide bonds. The van der Waals surface area contributed by atoms with Crippen molar-refractivity contribution >= 4 is 56.2 Å². The molecule has 1 aliphatic rings. The van der Waals surface area contributed by atoms with E-state index >= 15 is 0 Å². The summed E-state index contributed by atoms with van der Waals surface area (Å²) in [5.74, 6) is -0.591. The number of benzene rings is 1. The number of ether oxygens (including phenoxy) is 1. The number of hydrogen-bond acceptors (Lipinski definition) is 4. The summed E-state index contributed by atoms with van der Waals surface area (Å²) in [4.78, 5) is 14.1. The van der Waals surface area contributed by atoms with Crippen molar-refractivity contribution in [2.75, 3.05) is 20.3 Å². The quantitative estimate of drug-likeness (QED) is 0.595. The van der Waals surface area contributed by atoms with Crippen LogP contribution < -0.4 is 0 Å². The average molecular weight is 376 g/mol. The minimum Gasteiger partial charge on any atom is -0.383 e. The predicted molar refractivity (Wildman–Crippen MR) is 85.9 cm³/mol. The second-order valence-electron chi connectivity index (χ2n) is 3.99. The molecule has 20 heavy (non-hydrogen) atoms. The Labute approximate surface area is 134 Å². The van der Waals surface area contributed by atoms with Crippen LogP contribution in [0.25, 0.3) is 6.08 Å². The topological polar surface area (TPSA) is 29.5 Å². The SMILES string of the molecule is COCCN1C(=O)C(=Cc2cc(Br)ccc2F)SC1=S. The minimum absolute atomic E-state index is 0.212. The lowest BCUT2D eigenvalue weighted by molar-refractivity contribution is -0.122. The van der Waals surface area contributed by atoms with Crippen LogP contribution in [0.4, 0.5) is 4.39 Å². The zero-order valence-corrected chi connectivity index (χ0v) is 13.8. The zero-order valence-electron chi connectivity index (χ0n) is 10.6. The number of amides is 1. The molecule has 0 atom stereocenters. The number of halogens is 2. The summed E-state index contributed by atoms with van der Waals surface area (Å²) in [6, 6.07) is 4.58. The Bertz CT molecular complexity index is 592. The average Bonchev–Trinajstić information content (AvgIpc) is 2.67. The fraction of sp³-hybridized carbons (Fsp3) is 0.231. The maximum absolute atomic E-state index is 13.7. The van der Waals surface area contributed by atoms with Crippen molar-refractivity contribution in [1.29, 1.82) is 0 Å². The number of nitrogens with zero attached hydrogens (tertiary/aromatic N) is 1. The summed E-state index contributed by atoms with van der Waals surface area (Å²) in [6.07, 6.45) is 1.52. The lowest BCUT2D eigenvalue weighted by Gasteiger charge is -2.12. The summed E-state index contributed by atoms with van der Waals surface area (Å²) in [7, 11) is 1.56. The van der Waals surface area contributed by atoms with Gasteiger partial charge in [0.2, 0.25) is 0 Å². The number of methoxy groups -OCH3 is 1. The van der Waals surface area contributed by atoms with Crippen LogP contribution in [-0.4, -0.2) is 35.4 Å². The Morgan fingerprint density at radius 3 is 3.00 bits per heavy atom. The van der Waals surface area contributed by atoms with Crippen LogP contribution in [-0.2, 0) is 9.53 Å². The van der Waals surface area contributed by atoms with Gasteiger partial charge in [0.25, 0.3) is 5.91 Å². The highest BCUT2D eigenvalue weighted by molar-refractivity contribution is 9.10. The third-order valence-corrected chi connectivity index (χ3v) is 4.51. The Hall–Kier alpha value is -0.760. The second kappa shape index (κ2) is 6.80. The van der Waals surface area contributed by atoms with Gasteiger partial charge in [0.1, 0.15) is 10.1 Å². The molecule has 0 saturated carbocycles. The Balaban J connectivity index is 2.25. The summed E-state index contributed by atoms with van der Waals surface area (Å²) in [5, 5.41) is 0. The molecule has 106 valence electrons. The van der Waals surface area contributed by atoms with Gasteiger partial charge in [-0.2, -0.15) is 0 Å². The first-order valence-electron chi connectivity index (χ1n) is 5.72. The van der Waals surface area contributed by atoms with Crippen molar-refractivity contribution in [1.82, 2.24) is 4.90 Å². The van der Waals surface area contributed by atoms with Crippen molar-refractivity contribution in [2.45, 2.75) is 0 Å². The van der Waals surface area contributed by atoms with Crippen molar-refractivity contribution in [2.24, 2.45) is 0 Å². The highest BCUT2D eigenvalue weighted by atomic mass is 79.9. The zero-order chi connectivity index (χ0) is 14.7. The summed E-state index contributed by atoms with van der Waals surface area (Å²) < 4.78 is 19.9. The molecule has 0 bridgehead atoms. The van der Waals surface area contributed by atoms with E-state index in [1.165, 1.54) is 28.8 Å². The molecular formula is C13H11BrFNO2S2. The van der Waals surface area contributed by atoms with Gasteiger partial charge < -0.3 is 4.74 Å². The lowest BCUT2D eigenvalue weighted by atomic mass is 10.2. The number of carbonyl (C=O) groups excluding carboxylic acids is 1. The van der Waals surface area contributed by atoms with Crippen LogP contribution in [0.5, 0.6) is 0 Å². The molecule has 1 aliphatic heterocycles. The Morgan fingerprint density at radius 2 is 2.30 bits per heavy atom. The summed E-state index contributed by atoms with van der Waals surface area (Å²) in [6.45, 7) is 0.810. The smallest absolute Gasteiger partial charge is 0.266 e. The van der Waals surface area contributed by atoms with Crippen molar-refractivity contribution in [3.05, 3.63) is 39.0 Å². The fourth-order valence-electron chi connectivity index (χ4n) is 1.64. The molecule has 1 aromatic rings. The van der Waals surface area contributed by atoms with E-state index in [4.69, 9.17) is 17.0 Å². The molecule has 7 heteroatoms. The van der Waals surface area contributed by atoms with E-state index in [1.807, 2.05) is 0 Å². The van der Waals surface area contributed by atoms with Crippen molar-refractivity contribution in [3.8, 4) is 0 Å². The minimum atomic E-state index is -0.379. The van der Waals surface area contributed by atoms with Gasteiger partial charge in [-0.05, 0) is 24.3 Å². The van der Waals surface area contributed by atoms with Crippen LogP contribution in [0.15, 0.2) is 27.6 Å². The molecule has 1 heterocycles. The highest BCUT2D eigenvalue weighted by Gasteiger charge is 2.31. The van der Waals surface area contributed by atoms with E-state index in [-0.39, 0.29) is 11.7 Å². The molecule has 1 saturated heterocycles. The molecular weight excluding hydrogens is 365 g/mol. The van der Waals surface area contributed by atoms with Gasteiger partial charge in [-0.3, -0.25) is 9.69 Å². The van der Waals surface area contributed by atoms with Crippen LogP contribution in [0.2, 0.25) is 0 Å². The maximum atomic E-state index is 13.7. The largest absolute Gasteiger partial charge is 0.383 e. The van der Waals surface area contributed by atoms with E-state index < -0.39 is 0 Å². The van der Waals surface area contributed by atoms with Gasteiger partial charge in [-0.1, -0.05) is 39.9 Å². The van der Waals surface area contributed by atoms with E-state index in [9.17, 15) is 9.18 Å². The Kier molecular flexibility index (Phi) is 5.31. The molecule has 2 rings (SSSR count). The molecule has 1 aromatic carbocycles. The number of thiocarbonyl (C=S) groups is 1. The van der Waals surface area contributed by atoms with E-state index in [1.54, 1.807) is 19.2 Å². The third kappa shape index (κ3) is 3.46. The molecule has 1 fully saturated rings. The van der Waals surface area contributed by atoms with Crippen LogP contribution >= 0.6 is 39.9 Å². The molecule has 0 aliphatic carbocycles. The first kappa shape index (κ1) is 15.6. The predicted octanol–water partition coefficient (Wildman–Crippen LogP) is 3.44. The monoisotopic (exact) mass is 375 g/mol. The van der Waals surface area contributed by atoms with Crippen molar-refractivity contribution < 1.29 is 13.9 Å². The van der Waals surface area contributed by atoms with Crippen LogP contribution in [0.1, 0.15) is 5.56 Å². The summed E-state index contributed by atoms with van der Waals surface area (Å²) in [5.41, 5.74) is 0.353. The molecule has 3 nitrogen and oxygen atoms in total. The Morgan fingerprint density at radius 1 is 1.55 bits per heavy atom. The maximum Gasteiger partial charge on any atom is 0.266 e. The van der Waals surface area contributed by atoms with Gasteiger partial charge >= 0.3 is 0 Å². The number of thioether (sulfide) groups is 1. The first-order valence-corrected chi connectivity index (χ1v) is 7.74. The number of hydrogen-bond donors (Lipinski definition) is 0. The van der Waals surface area contributed by atoms with E-state index in [0.29, 0.717) is 27.9 Å². The highest BCUT2D eigenvalue weighted by Crippen LogP contribution is 2.33. The molecule has 0 unspecified atom stereocenters. The van der Waals surface area contributed by atoms with Gasteiger partial charge in [0.05, 0.1) is 18.1 Å². The molecule has 0 spiro atoms. The normalized spacial score (nSPS) is 17.4. The first-order chi connectivity index (χ1) is 9.52. The number of carbonyl (C=O) groups is 1. The van der Waals surface area contributed by atoms with E-state index in [0.717, 1.165) is 4.47 Å². The van der Waals surface area contributed by atoms with Gasteiger partial charge in [-0.15, -0.1) is 0 Å². The molecule has 0 N–H and O–H groups in total. The van der Waals surface area contributed by atoms with E-state index in [2.05, 4.69) is 15.9 Å². The molecule has 0 aromatic heterocycles. The van der Waals surface area contributed by atoms with Crippen LogP contribution in [0, 0.1) is 5.82 Å². The fourth-order valence-corrected chi connectivity index (χ4v) is 3.32. The van der Waals surface area contributed by atoms with Gasteiger partial charge in [0.15, 0.2) is 0 Å². The second-order valence-corrected chi connectivity index (χ2v) is 6.58. The summed E-state index contributed by atoms with van der Waals surface area (Å²) >= 11 is 9.60. The standard InChI is InChI=1S/C13H11BrFNO2S2/c1-18-5-4-16-12(17)11(20-13(16)19)7-8-6-9(14)2-3-10(8)15/h2-3,6-7H,4-5H2,1H3. The van der Waals surface area contributed by atoms with Gasteiger partial charge in [-0.25, -0.2) is 4.39 Å². The van der Waals surface area contributed by atoms with Crippen LogP contribution in [0.3, 0.4) is 0 Å². The third-order valence-electron chi connectivity index (χ3n) is 2.64. The lowest BCUT2D eigenvalue weighted by Crippen LogP contribution is -2.31.